The predicted molar refractivity (Wildman–Crippen MR) is 84.6 cm³/mol. The average Bonchev–Trinajstić information content (AvgIpc) is 2.53. The molecule has 2 fully saturated rings. The maximum atomic E-state index is 12.7. The first-order chi connectivity index (χ1) is 9.68. The fourth-order valence-corrected chi connectivity index (χ4v) is 3.19. The van der Waals surface area contributed by atoms with E-state index in [9.17, 15) is 4.79 Å². The highest BCUT2D eigenvalue weighted by Crippen LogP contribution is 2.31. The standard InChI is InChI=1S/C15H28N2O3.ClH/c1-17(7-2-13-3-8-19-9-4-13)14(18)15(12-16)5-10-20-11-6-15;/h13H,2-12,16H2,1H3;1H. The highest BCUT2D eigenvalue weighted by molar-refractivity contribution is 5.85. The second-order valence-electron chi connectivity index (χ2n) is 6.17. The van der Waals surface area contributed by atoms with Gasteiger partial charge in [-0.15, -0.1) is 12.4 Å². The lowest BCUT2D eigenvalue weighted by Crippen LogP contribution is -2.50. The summed E-state index contributed by atoms with van der Waals surface area (Å²) in [6.45, 7) is 4.29. The van der Waals surface area contributed by atoms with Gasteiger partial charge in [-0.25, -0.2) is 0 Å². The molecular weight excluding hydrogens is 292 g/mol. The molecule has 0 aromatic rings. The Hall–Kier alpha value is -0.360. The summed E-state index contributed by atoms with van der Waals surface area (Å²) in [6, 6.07) is 0. The molecule has 1 amide bonds. The number of nitrogens with two attached hydrogens (primary N) is 1. The van der Waals surface area contributed by atoms with E-state index >= 15 is 0 Å². The van der Waals surface area contributed by atoms with Crippen LogP contribution in [0.4, 0.5) is 0 Å². The smallest absolute Gasteiger partial charge is 0.229 e. The Morgan fingerprint density at radius 3 is 2.33 bits per heavy atom. The summed E-state index contributed by atoms with van der Waals surface area (Å²) in [5, 5.41) is 0. The number of hydrogen-bond acceptors (Lipinski definition) is 4. The minimum Gasteiger partial charge on any atom is -0.381 e. The third-order valence-electron chi connectivity index (χ3n) is 4.85. The molecule has 2 saturated heterocycles. The summed E-state index contributed by atoms with van der Waals surface area (Å²) >= 11 is 0. The highest BCUT2D eigenvalue weighted by Gasteiger charge is 2.40. The van der Waals surface area contributed by atoms with Crippen LogP contribution in [-0.4, -0.2) is 57.4 Å². The van der Waals surface area contributed by atoms with Crippen LogP contribution in [0.2, 0.25) is 0 Å². The van der Waals surface area contributed by atoms with Crippen molar-refractivity contribution in [2.75, 3.05) is 46.6 Å². The molecule has 0 bridgehead atoms. The lowest BCUT2D eigenvalue weighted by molar-refractivity contribution is -0.146. The maximum Gasteiger partial charge on any atom is 0.229 e. The fraction of sp³-hybridized carbons (Fsp3) is 0.933. The zero-order valence-electron chi connectivity index (χ0n) is 13.0. The Balaban J connectivity index is 0.00000220. The first kappa shape index (κ1) is 18.7. The van der Waals surface area contributed by atoms with E-state index in [0.29, 0.717) is 25.7 Å². The molecule has 5 nitrogen and oxygen atoms in total. The molecule has 2 heterocycles. The van der Waals surface area contributed by atoms with Gasteiger partial charge >= 0.3 is 0 Å². The summed E-state index contributed by atoms with van der Waals surface area (Å²) in [6.07, 6.45) is 4.83. The number of halogens is 1. The van der Waals surface area contributed by atoms with Crippen LogP contribution in [0.1, 0.15) is 32.1 Å². The SMILES string of the molecule is CN(CCC1CCOCC1)C(=O)C1(CN)CCOCC1.Cl. The van der Waals surface area contributed by atoms with Crippen LogP contribution in [0.3, 0.4) is 0 Å². The van der Waals surface area contributed by atoms with Crippen molar-refractivity contribution < 1.29 is 14.3 Å². The molecule has 21 heavy (non-hydrogen) atoms. The molecular formula is C15H29ClN2O3. The summed E-state index contributed by atoms with van der Waals surface area (Å²) in [5.41, 5.74) is 5.51. The third kappa shape index (κ3) is 4.81. The largest absolute Gasteiger partial charge is 0.381 e. The quantitative estimate of drug-likeness (QED) is 0.832. The molecule has 2 aliphatic heterocycles. The fourth-order valence-electron chi connectivity index (χ4n) is 3.19. The van der Waals surface area contributed by atoms with Gasteiger partial charge in [0.05, 0.1) is 5.41 Å². The molecule has 0 aromatic heterocycles. The highest BCUT2D eigenvalue weighted by atomic mass is 35.5. The summed E-state index contributed by atoms with van der Waals surface area (Å²) in [4.78, 5) is 14.6. The Labute approximate surface area is 133 Å². The van der Waals surface area contributed by atoms with Crippen LogP contribution < -0.4 is 5.73 Å². The van der Waals surface area contributed by atoms with Crippen molar-refractivity contribution in [3.05, 3.63) is 0 Å². The monoisotopic (exact) mass is 320 g/mol. The van der Waals surface area contributed by atoms with E-state index in [1.54, 1.807) is 0 Å². The van der Waals surface area contributed by atoms with Crippen molar-refractivity contribution in [1.82, 2.24) is 4.90 Å². The zero-order chi connectivity index (χ0) is 14.4. The lowest BCUT2D eigenvalue weighted by atomic mass is 9.79. The first-order valence-corrected chi connectivity index (χ1v) is 7.79. The number of rotatable bonds is 5. The Kier molecular flexibility index (Phi) is 7.95. The van der Waals surface area contributed by atoms with Gasteiger partial charge in [-0.3, -0.25) is 4.79 Å². The van der Waals surface area contributed by atoms with Gasteiger partial charge in [0.25, 0.3) is 0 Å². The number of amides is 1. The molecule has 0 atom stereocenters. The van der Waals surface area contributed by atoms with E-state index in [0.717, 1.165) is 51.9 Å². The third-order valence-corrected chi connectivity index (χ3v) is 4.85. The minimum absolute atomic E-state index is 0. The van der Waals surface area contributed by atoms with Crippen molar-refractivity contribution in [1.29, 1.82) is 0 Å². The number of nitrogens with zero attached hydrogens (tertiary/aromatic N) is 1. The second-order valence-corrected chi connectivity index (χ2v) is 6.17. The van der Waals surface area contributed by atoms with E-state index in [2.05, 4.69) is 0 Å². The summed E-state index contributed by atoms with van der Waals surface area (Å²) in [5.74, 6) is 0.901. The summed E-state index contributed by atoms with van der Waals surface area (Å²) < 4.78 is 10.7. The lowest BCUT2D eigenvalue weighted by Gasteiger charge is -2.38. The van der Waals surface area contributed by atoms with Gasteiger partial charge in [0.1, 0.15) is 0 Å². The second kappa shape index (κ2) is 8.93. The number of ether oxygens (including phenoxy) is 2. The van der Waals surface area contributed by atoms with Gasteiger partial charge in [0, 0.05) is 46.6 Å². The molecule has 0 aromatic carbocycles. The van der Waals surface area contributed by atoms with E-state index < -0.39 is 0 Å². The first-order valence-electron chi connectivity index (χ1n) is 7.79. The van der Waals surface area contributed by atoms with Crippen LogP contribution in [0.5, 0.6) is 0 Å². The van der Waals surface area contributed by atoms with Crippen LogP contribution >= 0.6 is 12.4 Å². The maximum absolute atomic E-state index is 12.7. The Morgan fingerprint density at radius 2 is 1.76 bits per heavy atom. The molecule has 6 heteroatoms. The van der Waals surface area contributed by atoms with E-state index in [1.807, 2.05) is 11.9 Å². The zero-order valence-corrected chi connectivity index (χ0v) is 13.8. The van der Waals surface area contributed by atoms with Crippen molar-refractivity contribution in [2.24, 2.45) is 17.1 Å². The summed E-state index contributed by atoms with van der Waals surface area (Å²) in [7, 11) is 1.91. The van der Waals surface area contributed by atoms with Gasteiger partial charge < -0.3 is 20.1 Å². The van der Waals surface area contributed by atoms with Gasteiger partial charge in [-0.05, 0) is 38.0 Å². The van der Waals surface area contributed by atoms with Crippen LogP contribution in [0, 0.1) is 11.3 Å². The van der Waals surface area contributed by atoms with Gasteiger partial charge in [0.2, 0.25) is 5.91 Å². The average molecular weight is 321 g/mol. The van der Waals surface area contributed by atoms with Crippen LogP contribution in [0.25, 0.3) is 0 Å². The number of carbonyl (C=O) groups excluding carboxylic acids is 1. The normalized spacial score (nSPS) is 22.4. The van der Waals surface area contributed by atoms with Crippen molar-refractivity contribution in [3.63, 3.8) is 0 Å². The molecule has 2 N–H and O–H groups in total. The minimum atomic E-state index is -0.386. The molecule has 0 saturated carbocycles. The van der Waals surface area contributed by atoms with Crippen molar-refractivity contribution >= 4 is 18.3 Å². The van der Waals surface area contributed by atoms with Crippen LogP contribution in [-0.2, 0) is 14.3 Å². The van der Waals surface area contributed by atoms with E-state index in [1.165, 1.54) is 0 Å². The van der Waals surface area contributed by atoms with Crippen LogP contribution in [0.15, 0.2) is 0 Å². The van der Waals surface area contributed by atoms with Gasteiger partial charge in [0.15, 0.2) is 0 Å². The molecule has 0 aliphatic carbocycles. The molecule has 0 spiro atoms. The Morgan fingerprint density at radius 1 is 1.19 bits per heavy atom. The molecule has 0 unspecified atom stereocenters. The molecule has 124 valence electrons. The van der Waals surface area contributed by atoms with E-state index in [-0.39, 0.29) is 23.7 Å². The van der Waals surface area contributed by atoms with E-state index in [4.69, 9.17) is 15.2 Å². The Bertz CT molecular complexity index is 316. The van der Waals surface area contributed by atoms with Crippen molar-refractivity contribution in [3.8, 4) is 0 Å². The molecule has 2 aliphatic rings. The van der Waals surface area contributed by atoms with Gasteiger partial charge in [-0.1, -0.05) is 0 Å². The number of hydrogen-bond donors (Lipinski definition) is 1. The molecule has 2 rings (SSSR count). The molecule has 0 radical (unpaired) electrons. The predicted octanol–water partition coefficient (Wildman–Crippen LogP) is 1.44. The van der Waals surface area contributed by atoms with Crippen molar-refractivity contribution in [2.45, 2.75) is 32.1 Å². The number of carbonyl (C=O) groups is 1. The van der Waals surface area contributed by atoms with Gasteiger partial charge in [-0.2, -0.15) is 0 Å². The topological polar surface area (TPSA) is 64.8 Å².